The van der Waals surface area contributed by atoms with Crippen LogP contribution in [0, 0.1) is 0 Å². The van der Waals surface area contributed by atoms with Gasteiger partial charge in [-0.15, -0.1) is 24.2 Å². The van der Waals surface area contributed by atoms with E-state index in [1.54, 1.807) is 11.8 Å². The molecular formula is C13H22ClN5S. The predicted molar refractivity (Wildman–Crippen MR) is 90.7 cm³/mol. The van der Waals surface area contributed by atoms with Crippen molar-refractivity contribution in [3.63, 3.8) is 0 Å². The lowest BCUT2D eigenvalue weighted by Gasteiger charge is -2.07. The lowest BCUT2D eigenvalue weighted by molar-refractivity contribution is 0.666. The van der Waals surface area contributed by atoms with Gasteiger partial charge in [-0.25, -0.2) is 4.99 Å². The second kappa shape index (κ2) is 9.50. The van der Waals surface area contributed by atoms with Gasteiger partial charge in [0.2, 0.25) is 5.96 Å². The van der Waals surface area contributed by atoms with E-state index in [-0.39, 0.29) is 30.4 Å². The fourth-order valence-electron chi connectivity index (χ4n) is 1.62. The van der Waals surface area contributed by atoms with Crippen LogP contribution < -0.4 is 17.2 Å². The van der Waals surface area contributed by atoms with Gasteiger partial charge >= 0.3 is 0 Å². The van der Waals surface area contributed by atoms with Crippen LogP contribution in [0.25, 0.3) is 0 Å². The molecule has 6 N–H and O–H groups in total. The third kappa shape index (κ3) is 7.25. The Hall–Kier alpha value is -1.40. The van der Waals surface area contributed by atoms with Gasteiger partial charge in [0.05, 0.1) is 6.04 Å². The summed E-state index contributed by atoms with van der Waals surface area (Å²) in [6.45, 7) is 1.99. The molecule has 0 heterocycles. The summed E-state index contributed by atoms with van der Waals surface area (Å²) in [6, 6.07) is 8.62. The Kier molecular flexibility index (Phi) is 8.83. The molecule has 1 rings (SSSR count). The summed E-state index contributed by atoms with van der Waals surface area (Å²) in [5.41, 5.74) is 17.3. The average Bonchev–Trinajstić information content (AvgIpc) is 2.36. The summed E-state index contributed by atoms with van der Waals surface area (Å²) >= 11 is 1.74. The Bertz CT molecular complexity index is 454. The molecule has 7 heteroatoms. The van der Waals surface area contributed by atoms with Crippen LogP contribution in [0.1, 0.15) is 18.9 Å². The Labute approximate surface area is 130 Å². The van der Waals surface area contributed by atoms with E-state index in [1.165, 1.54) is 10.5 Å². The van der Waals surface area contributed by atoms with Crippen LogP contribution in [0.3, 0.4) is 0 Å². The summed E-state index contributed by atoms with van der Waals surface area (Å²) < 4.78 is 0. The van der Waals surface area contributed by atoms with Crippen molar-refractivity contribution in [2.75, 3.05) is 6.26 Å². The van der Waals surface area contributed by atoms with E-state index >= 15 is 0 Å². The van der Waals surface area contributed by atoms with Crippen molar-refractivity contribution < 1.29 is 0 Å². The number of benzene rings is 1. The van der Waals surface area contributed by atoms with E-state index in [2.05, 4.69) is 40.5 Å². The zero-order chi connectivity index (χ0) is 14.3. The van der Waals surface area contributed by atoms with Gasteiger partial charge in [0, 0.05) is 4.90 Å². The van der Waals surface area contributed by atoms with Gasteiger partial charge in [0.1, 0.15) is 0 Å². The number of guanidine groups is 2. The molecule has 0 radical (unpaired) electrons. The first-order valence-electron chi connectivity index (χ1n) is 6.07. The SMILES string of the molecule is CSc1ccc(CCC(C)N=C(N)N=C(N)N)cc1.Cl. The molecule has 0 fully saturated rings. The van der Waals surface area contributed by atoms with Crippen LogP contribution >= 0.6 is 24.2 Å². The number of nitrogens with zero attached hydrogens (tertiary/aromatic N) is 2. The van der Waals surface area contributed by atoms with Gasteiger partial charge in [0.15, 0.2) is 5.96 Å². The summed E-state index contributed by atoms with van der Waals surface area (Å²) in [5.74, 6) is 0.0614. The molecule has 0 saturated carbocycles. The van der Waals surface area contributed by atoms with Crippen LogP contribution in [-0.2, 0) is 6.42 Å². The van der Waals surface area contributed by atoms with Crippen molar-refractivity contribution in [2.24, 2.45) is 27.2 Å². The number of aliphatic imine (C=N–C) groups is 2. The number of hydrogen-bond donors (Lipinski definition) is 3. The second-order valence-electron chi connectivity index (χ2n) is 4.26. The van der Waals surface area contributed by atoms with Gasteiger partial charge in [0.25, 0.3) is 0 Å². The van der Waals surface area contributed by atoms with Gasteiger partial charge < -0.3 is 17.2 Å². The summed E-state index contributed by atoms with van der Waals surface area (Å²) in [7, 11) is 0. The number of rotatable bonds is 5. The molecule has 0 spiro atoms. The molecule has 0 aliphatic carbocycles. The van der Waals surface area contributed by atoms with Gasteiger partial charge in [-0.1, -0.05) is 12.1 Å². The standard InChI is InChI=1S/C13H21N5S.ClH/c1-9(17-13(16)18-12(14)15)3-4-10-5-7-11(19-2)8-6-10;/h5-9H,3-4H2,1-2H3,(H6,14,15,16,17,18);1H. The molecule has 0 aromatic heterocycles. The third-order valence-electron chi connectivity index (χ3n) is 2.61. The molecule has 0 amide bonds. The maximum Gasteiger partial charge on any atom is 0.218 e. The quantitative estimate of drug-likeness (QED) is 0.437. The minimum absolute atomic E-state index is 0. The normalized spacial score (nSPS) is 12.4. The number of halogens is 1. The Morgan fingerprint density at radius 1 is 1.20 bits per heavy atom. The van der Waals surface area contributed by atoms with Gasteiger partial charge in [-0.05, 0) is 43.7 Å². The number of aryl methyl sites for hydroxylation is 1. The molecule has 0 aliphatic rings. The van der Waals surface area contributed by atoms with Crippen molar-refractivity contribution >= 4 is 36.1 Å². The molecular weight excluding hydrogens is 294 g/mol. The summed E-state index contributed by atoms with van der Waals surface area (Å²) in [6.07, 6.45) is 3.92. The third-order valence-corrected chi connectivity index (χ3v) is 3.35. The second-order valence-corrected chi connectivity index (χ2v) is 5.14. The molecule has 0 aliphatic heterocycles. The Morgan fingerprint density at radius 3 is 2.30 bits per heavy atom. The minimum atomic E-state index is -0.0684. The molecule has 0 bridgehead atoms. The first-order chi connectivity index (χ1) is 9.01. The van der Waals surface area contributed by atoms with Crippen LogP contribution in [0.2, 0.25) is 0 Å². The lowest BCUT2D eigenvalue weighted by atomic mass is 10.1. The Balaban J connectivity index is 0.00000361. The first kappa shape index (κ1) is 18.6. The van der Waals surface area contributed by atoms with Crippen molar-refractivity contribution in [3.8, 4) is 0 Å². The van der Waals surface area contributed by atoms with Crippen LogP contribution in [-0.4, -0.2) is 24.2 Å². The van der Waals surface area contributed by atoms with E-state index < -0.39 is 0 Å². The highest BCUT2D eigenvalue weighted by Gasteiger charge is 2.02. The fourth-order valence-corrected chi connectivity index (χ4v) is 2.03. The monoisotopic (exact) mass is 315 g/mol. The molecule has 1 atom stereocenters. The van der Waals surface area contributed by atoms with E-state index in [9.17, 15) is 0 Å². The van der Waals surface area contributed by atoms with Crippen LogP contribution in [0.15, 0.2) is 39.1 Å². The number of nitrogens with two attached hydrogens (primary N) is 3. The zero-order valence-corrected chi connectivity index (χ0v) is 13.4. The smallest absolute Gasteiger partial charge is 0.218 e. The van der Waals surface area contributed by atoms with Gasteiger partial charge in [-0.2, -0.15) is 4.99 Å². The summed E-state index contributed by atoms with van der Waals surface area (Å²) in [5, 5.41) is 0. The van der Waals surface area contributed by atoms with Crippen molar-refractivity contribution in [2.45, 2.75) is 30.7 Å². The highest BCUT2D eigenvalue weighted by Crippen LogP contribution is 2.16. The molecule has 112 valence electrons. The molecule has 1 aromatic carbocycles. The van der Waals surface area contributed by atoms with Crippen molar-refractivity contribution in [1.29, 1.82) is 0 Å². The predicted octanol–water partition coefficient (Wildman–Crippen LogP) is 1.74. The topological polar surface area (TPSA) is 103 Å². The van der Waals surface area contributed by atoms with E-state index in [4.69, 9.17) is 17.2 Å². The van der Waals surface area contributed by atoms with Crippen molar-refractivity contribution in [1.82, 2.24) is 0 Å². The first-order valence-corrected chi connectivity index (χ1v) is 7.29. The molecule has 0 saturated heterocycles. The van der Waals surface area contributed by atoms with Gasteiger partial charge in [-0.3, -0.25) is 0 Å². The maximum atomic E-state index is 5.58. The highest BCUT2D eigenvalue weighted by atomic mass is 35.5. The molecule has 20 heavy (non-hydrogen) atoms. The molecule has 5 nitrogen and oxygen atoms in total. The van der Waals surface area contributed by atoms with Crippen LogP contribution in [0.4, 0.5) is 0 Å². The van der Waals surface area contributed by atoms with E-state index in [0.29, 0.717) is 0 Å². The fraction of sp³-hybridized carbons (Fsp3) is 0.385. The zero-order valence-electron chi connectivity index (χ0n) is 11.7. The van der Waals surface area contributed by atoms with Crippen LogP contribution in [0.5, 0.6) is 0 Å². The molecule has 1 unspecified atom stereocenters. The van der Waals surface area contributed by atoms with E-state index in [1.807, 2.05) is 6.92 Å². The summed E-state index contributed by atoms with van der Waals surface area (Å²) in [4.78, 5) is 9.17. The average molecular weight is 316 g/mol. The Morgan fingerprint density at radius 2 is 1.80 bits per heavy atom. The molecule has 1 aromatic rings. The minimum Gasteiger partial charge on any atom is -0.370 e. The lowest BCUT2D eigenvalue weighted by Crippen LogP contribution is -2.27. The highest BCUT2D eigenvalue weighted by molar-refractivity contribution is 7.98. The van der Waals surface area contributed by atoms with Crippen molar-refractivity contribution in [3.05, 3.63) is 29.8 Å². The number of hydrogen-bond acceptors (Lipinski definition) is 2. The number of thioether (sulfide) groups is 1. The largest absolute Gasteiger partial charge is 0.370 e. The van der Waals surface area contributed by atoms with E-state index in [0.717, 1.165) is 12.8 Å². The maximum absolute atomic E-state index is 5.58.